The summed E-state index contributed by atoms with van der Waals surface area (Å²) < 4.78 is 0. The SMILES string of the molecule is Cc1cccc(N2C(=O)[C@H]3[C@H]4C=C[C@@H](C4)[C@@]3(C)C2=O)c1. The maximum atomic E-state index is 12.9. The molecule has 2 bridgehead atoms. The van der Waals surface area contributed by atoms with Gasteiger partial charge < -0.3 is 0 Å². The largest absolute Gasteiger partial charge is 0.274 e. The van der Waals surface area contributed by atoms with E-state index in [4.69, 9.17) is 0 Å². The van der Waals surface area contributed by atoms with E-state index in [0.29, 0.717) is 0 Å². The number of benzene rings is 1. The summed E-state index contributed by atoms with van der Waals surface area (Å²) >= 11 is 0. The summed E-state index contributed by atoms with van der Waals surface area (Å²) in [6.45, 7) is 3.95. The molecule has 1 aliphatic heterocycles. The molecule has 0 aromatic heterocycles. The fraction of sp³-hybridized carbons (Fsp3) is 0.412. The molecule has 4 atom stereocenters. The van der Waals surface area contributed by atoms with Crippen molar-refractivity contribution in [3.8, 4) is 0 Å². The Morgan fingerprint density at radius 2 is 2.05 bits per heavy atom. The van der Waals surface area contributed by atoms with Gasteiger partial charge in [-0.3, -0.25) is 9.59 Å². The van der Waals surface area contributed by atoms with E-state index in [9.17, 15) is 9.59 Å². The van der Waals surface area contributed by atoms with Crippen molar-refractivity contribution in [3.05, 3.63) is 42.0 Å². The minimum Gasteiger partial charge on any atom is -0.274 e. The first-order valence-corrected chi connectivity index (χ1v) is 7.17. The van der Waals surface area contributed by atoms with Gasteiger partial charge >= 0.3 is 0 Å². The lowest BCUT2D eigenvalue weighted by atomic mass is 9.71. The van der Waals surface area contributed by atoms with Gasteiger partial charge in [0.15, 0.2) is 0 Å². The Hall–Kier alpha value is -1.90. The molecule has 1 saturated carbocycles. The van der Waals surface area contributed by atoms with Crippen LogP contribution in [0.5, 0.6) is 0 Å². The molecule has 1 heterocycles. The van der Waals surface area contributed by atoms with Gasteiger partial charge in [-0.05, 0) is 49.8 Å². The summed E-state index contributed by atoms with van der Waals surface area (Å²) in [4.78, 5) is 27.1. The first kappa shape index (κ1) is 11.9. The smallest absolute Gasteiger partial charge is 0.241 e. The zero-order chi connectivity index (χ0) is 14.1. The number of aryl methyl sites for hydroxylation is 1. The topological polar surface area (TPSA) is 37.4 Å². The van der Waals surface area contributed by atoms with Crippen molar-refractivity contribution in [2.24, 2.45) is 23.2 Å². The molecule has 0 unspecified atom stereocenters. The van der Waals surface area contributed by atoms with Gasteiger partial charge in [-0.1, -0.05) is 24.3 Å². The number of fused-ring (bicyclic) bond motifs is 5. The van der Waals surface area contributed by atoms with Gasteiger partial charge in [0, 0.05) is 0 Å². The van der Waals surface area contributed by atoms with Crippen LogP contribution in [0.1, 0.15) is 18.9 Å². The Morgan fingerprint density at radius 3 is 2.75 bits per heavy atom. The lowest BCUT2D eigenvalue weighted by Gasteiger charge is -2.28. The predicted octanol–water partition coefficient (Wildman–Crippen LogP) is 2.70. The number of nitrogens with zero attached hydrogens (tertiary/aromatic N) is 1. The van der Waals surface area contributed by atoms with Crippen molar-refractivity contribution in [2.75, 3.05) is 4.90 Å². The predicted molar refractivity (Wildman–Crippen MR) is 76.0 cm³/mol. The summed E-state index contributed by atoms with van der Waals surface area (Å²) in [5.74, 6) is 0.278. The van der Waals surface area contributed by atoms with E-state index < -0.39 is 5.41 Å². The quantitative estimate of drug-likeness (QED) is 0.579. The van der Waals surface area contributed by atoms with Crippen LogP contribution in [0.3, 0.4) is 0 Å². The number of carbonyl (C=O) groups excluding carboxylic acids is 2. The second-order valence-electron chi connectivity index (χ2n) is 6.47. The van der Waals surface area contributed by atoms with Crippen LogP contribution in [0, 0.1) is 30.1 Å². The number of imide groups is 1. The zero-order valence-electron chi connectivity index (χ0n) is 11.7. The molecule has 0 spiro atoms. The highest BCUT2D eigenvalue weighted by Gasteiger charge is 2.67. The molecule has 20 heavy (non-hydrogen) atoms. The maximum absolute atomic E-state index is 12.9. The minimum atomic E-state index is -0.528. The summed E-state index contributed by atoms with van der Waals surface area (Å²) in [5.41, 5.74) is 1.25. The zero-order valence-corrected chi connectivity index (χ0v) is 11.7. The highest BCUT2D eigenvalue weighted by atomic mass is 16.2. The van der Waals surface area contributed by atoms with E-state index in [0.717, 1.165) is 17.7 Å². The lowest BCUT2D eigenvalue weighted by molar-refractivity contribution is -0.127. The number of amides is 2. The first-order valence-electron chi connectivity index (χ1n) is 7.17. The van der Waals surface area contributed by atoms with Crippen molar-refractivity contribution in [3.63, 3.8) is 0 Å². The monoisotopic (exact) mass is 267 g/mol. The summed E-state index contributed by atoms with van der Waals surface area (Å²) in [6, 6.07) is 7.63. The summed E-state index contributed by atoms with van der Waals surface area (Å²) in [7, 11) is 0. The Kier molecular flexibility index (Phi) is 2.14. The summed E-state index contributed by atoms with van der Waals surface area (Å²) in [6.07, 6.45) is 5.22. The molecule has 0 radical (unpaired) electrons. The van der Waals surface area contributed by atoms with Crippen molar-refractivity contribution >= 4 is 17.5 Å². The number of anilines is 1. The molecular formula is C17H17NO2. The normalized spacial score (nSPS) is 37.9. The van der Waals surface area contributed by atoms with E-state index >= 15 is 0 Å². The maximum Gasteiger partial charge on any atom is 0.241 e. The van der Waals surface area contributed by atoms with Crippen LogP contribution >= 0.6 is 0 Å². The number of rotatable bonds is 1. The first-order chi connectivity index (χ1) is 9.53. The van der Waals surface area contributed by atoms with Gasteiger partial charge in [0.25, 0.3) is 0 Å². The third-order valence-corrected chi connectivity index (χ3v) is 5.37. The second kappa shape index (κ2) is 3.60. The van der Waals surface area contributed by atoms with Crippen LogP contribution in [0.15, 0.2) is 36.4 Å². The molecule has 2 amide bonds. The fourth-order valence-electron chi connectivity index (χ4n) is 4.32. The molecule has 0 N–H and O–H groups in total. The molecule has 1 aromatic rings. The Balaban J connectivity index is 1.82. The van der Waals surface area contributed by atoms with E-state index in [-0.39, 0.29) is 29.6 Å². The molecule has 2 aliphatic carbocycles. The standard InChI is InChI=1S/C17H17NO2/c1-10-4-3-5-13(8-10)18-15(19)14-11-6-7-12(9-11)17(14,2)16(18)20/h3-8,11-12,14H,9H2,1-2H3/t11-,12-,14+,17+/m0/s1. The Morgan fingerprint density at radius 1 is 1.25 bits per heavy atom. The molecule has 1 saturated heterocycles. The minimum absolute atomic E-state index is 0.0139. The average Bonchev–Trinajstić information content (AvgIpc) is 3.03. The number of carbonyl (C=O) groups is 2. The van der Waals surface area contributed by atoms with E-state index in [1.807, 2.05) is 38.1 Å². The van der Waals surface area contributed by atoms with Gasteiger partial charge in [0.1, 0.15) is 0 Å². The number of allylic oxidation sites excluding steroid dienone is 2. The van der Waals surface area contributed by atoms with Gasteiger partial charge in [-0.25, -0.2) is 4.90 Å². The van der Waals surface area contributed by atoms with Gasteiger partial charge in [0.05, 0.1) is 17.0 Å². The van der Waals surface area contributed by atoms with Crippen molar-refractivity contribution in [1.82, 2.24) is 0 Å². The van der Waals surface area contributed by atoms with E-state index in [1.165, 1.54) is 4.90 Å². The summed E-state index contributed by atoms with van der Waals surface area (Å²) in [5, 5.41) is 0. The average molecular weight is 267 g/mol. The highest BCUT2D eigenvalue weighted by Crippen LogP contribution is 2.60. The Labute approximate surface area is 118 Å². The van der Waals surface area contributed by atoms with Gasteiger partial charge in [-0.2, -0.15) is 0 Å². The molecule has 3 aliphatic rings. The molecule has 1 aromatic carbocycles. The molecule has 102 valence electrons. The Bertz CT molecular complexity index is 663. The van der Waals surface area contributed by atoms with Crippen LogP contribution in [0.25, 0.3) is 0 Å². The second-order valence-corrected chi connectivity index (χ2v) is 6.47. The van der Waals surface area contributed by atoms with E-state index in [1.54, 1.807) is 0 Å². The molecule has 2 fully saturated rings. The van der Waals surface area contributed by atoms with Crippen LogP contribution in [-0.2, 0) is 9.59 Å². The van der Waals surface area contributed by atoms with Crippen LogP contribution in [0.4, 0.5) is 5.69 Å². The van der Waals surface area contributed by atoms with Crippen molar-refractivity contribution in [2.45, 2.75) is 20.3 Å². The number of hydrogen-bond acceptors (Lipinski definition) is 2. The van der Waals surface area contributed by atoms with Crippen LogP contribution < -0.4 is 4.90 Å². The van der Waals surface area contributed by atoms with Crippen LogP contribution in [-0.4, -0.2) is 11.8 Å². The lowest BCUT2D eigenvalue weighted by Crippen LogP contribution is -2.37. The van der Waals surface area contributed by atoms with Crippen LogP contribution in [0.2, 0.25) is 0 Å². The number of hydrogen-bond donors (Lipinski definition) is 0. The third-order valence-electron chi connectivity index (χ3n) is 5.37. The van der Waals surface area contributed by atoms with E-state index in [2.05, 4.69) is 12.2 Å². The van der Waals surface area contributed by atoms with Crippen molar-refractivity contribution in [1.29, 1.82) is 0 Å². The molecule has 4 rings (SSSR count). The molecule has 3 heteroatoms. The van der Waals surface area contributed by atoms with Gasteiger partial charge in [-0.15, -0.1) is 0 Å². The highest BCUT2D eigenvalue weighted by molar-refractivity contribution is 6.24. The molecule has 3 nitrogen and oxygen atoms in total. The van der Waals surface area contributed by atoms with Gasteiger partial charge in [0.2, 0.25) is 11.8 Å². The van der Waals surface area contributed by atoms with Crippen molar-refractivity contribution < 1.29 is 9.59 Å². The molecular weight excluding hydrogens is 250 g/mol. The fourth-order valence-corrected chi connectivity index (χ4v) is 4.32. The third kappa shape index (κ3) is 1.21.